The highest BCUT2D eigenvalue weighted by molar-refractivity contribution is 5.85. The van der Waals surface area contributed by atoms with Gasteiger partial charge in [-0.3, -0.25) is 9.80 Å². The van der Waals surface area contributed by atoms with Crippen LogP contribution in [0.3, 0.4) is 0 Å². The van der Waals surface area contributed by atoms with E-state index in [-0.39, 0.29) is 12.4 Å². The Hall–Kier alpha value is -0.0900. The van der Waals surface area contributed by atoms with Crippen LogP contribution in [0.25, 0.3) is 0 Å². The maximum absolute atomic E-state index is 8.96. The van der Waals surface area contributed by atoms with E-state index in [1.165, 1.54) is 96.6 Å². The van der Waals surface area contributed by atoms with Crippen molar-refractivity contribution >= 4 is 12.4 Å². The normalized spacial score (nSPS) is 15.8. The lowest BCUT2D eigenvalue weighted by Crippen LogP contribution is -2.28. The van der Waals surface area contributed by atoms with Gasteiger partial charge in [0.05, 0.1) is 13.3 Å². The molecule has 0 atom stereocenters. The van der Waals surface area contributed by atoms with Gasteiger partial charge in [-0.2, -0.15) is 0 Å². The van der Waals surface area contributed by atoms with Crippen LogP contribution in [0, 0.1) is 0 Å². The minimum absolute atomic E-state index is 0. The van der Waals surface area contributed by atoms with E-state index in [0.717, 1.165) is 19.8 Å². The molecule has 156 valence electrons. The second-order valence-corrected chi connectivity index (χ2v) is 7.69. The lowest BCUT2D eigenvalue weighted by molar-refractivity contribution is 0.191. The van der Waals surface area contributed by atoms with E-state index < -0.39 is 0 Å². The van der Waals surface area contributed by atoms with E-state index in [1.807, 2.05) is 0 Å². The highest BCUT2D eigenvalue weighted by atomic mass is 35.5. The third-order valence-electron chi connectivity index (χ3n) is 5.28. The van der Waals surface area contributed by atoms with Crippen molar-refractivity contribution < 1.29 is 5.11 Å². The molecule has 0 aromatic rings. The Morgan fingerprint density at radius 2 is 1.19 bits per heavy atom. The average Bonchev–Trinajstić information content (AvgIpc) is 3.06. The first-order chi connectivity index (χ1) is 12.4. The summed E-state index contributed by atoms with van der Waals surface area (Å²) in [5.74, 6) is 0. The van der Waals surface area contributed by atoms with Gasteiger partial charge < -0.3 is 5.11 Å². The number of unbranched alkanes of at least 4 members (excludes halogenated alkanes) is 11. The van der Waals surface area contributed by atoms with Gasteiger partial charge in [-0.15, -0.1) is 12.4 Å². The number of allylic oxidation sites excluding steroid dienone is 2. The van der Waals surface area contributed by atoms with E-state index in [4.69, 9.17) is 5.11 Å². The molecule has 1 aliphatic rings. The molecule has 0 bridgehead atoms. The molecule has 0 spiro atoms. The summed E-state index contributed by atoms with van der Waals surface area (Å²) in [5.41, 5.74) is 0. The first-order valence-electron chi connectivity index (χ1n) is 11.1. The van der Waals surface area contributed by atoms with Gasteiger partial charge in [-0.25, -0.2) is 0 Å². The molecule has 1 heterocycles. The minimum atomic E-state index is 0. The molecule has 0 radical (unpaired) electrons. The molecule has 0 saturated carbocycles. The van der Waals surface area contributed by atoms with Crippen LogP contribution in [-0.2, 0) is 0 Å². The van der Waals surface area contributed by atoms with Crippen molar-refractivity contribution in [3.05, 3.63) is 12.2 Å². The molecule has 1 fully saturated rings. The predicted molar refractivity (Wildman–Crippen MR) is 117 cm³/mol. The molecule has 0 aliphatic carbocycles. The summed E-state index contributed by atoms with van der Waals surface area (Å²) < 4.78 is 0. The zero-order valence-corrected chi connectivity index (χ0v) is 18.2. The molecular weight excluding hydrogens is 344 g/mol. The summed E-state index contributed by atoms with van der Waals surface area (Å²) in [5, 5.41) is 8.96. The average molecular weight is 389 g/mol. The van der Waals surface area contributed by atoms with Gasteiger partial charge in [0, 0.05) is 19.6 Å². The summed E-state index contributed by atoms with van der Waals surface area (Å²) in [6.45, 7) is 8.02. The SMILES string of the molecule is CCCCCCCC/C=C\CCCCCCCN1CCN(CCO)C1.Cl. The Bertz CT molecular complexity index is 313. The third-order valence-corrected chi connectivity index (χ3v) is 5.28. The highest BCUT2D eigenvalue weighted by Gasteiger charge is 2.17. The number of β-amino-alcohol motifs (C(OH)–C–C–N with tert-alkyl or cyclic N) is 1. The molecule has 1 saturated heterocycles. The predicted octanol–water partition coefficient (Wildman–Crippen LogP) is 5.62. The molecule has 0 amide bonds. The van der Waals surface area contributed by atoms with E-state index in [9.17, 15) is 0 Å². The summed E-state index contributed by atoms with van der Waals surface area (Å²) in [4.78, 5) is 4.87. The van der Waals surface area contributed by atoms with Crippen molar-refractivity contribution in [3.8, 4) is 0 Å². The molecule has 1 rings (SSSR count). The van der Waals surface area contributed by atoms with Gasteiger partial charge in [0.2, 0.25) is 0 Å². The van der Waals surface area contributed by atoms with Gasteiger partial charge in [-0.1, -0.05) is 70.4 Å². The highest BCUT2D eigenvalue weighted by Crippen LogP contribution is 2.11. The fourth-order valence-corrected chi connectivity index (χ4v) is 3.62. The molecule has 3 nitrogen and oxygen atoms in total. The third kappa shape index (κ3) is 15.0. The van der Waals surface area contributed by atoms with Crippen LogP contribution in [0.1, 0.15) is 90.4 Å². The Morgan fingerprint density at radius 1 is 0.692 bits per heavy atom. The topological polar surface area (TPSA) is 26.7 Å². The number of halogens is 1. The number of rotatable bonds is 17. The lowest BCUT2D eigenvalue weighted by Gasteiger charge is -2.16. The number of hydrogen-bond donors (Lipinski definition) is 1. The van der Waals surface area contributed by atoms with Crippen molar-refractivity contribution in [2.75, 3.05) is 39.5 Å². The van der Waals surface area contributed by atoms with Crippen molar-refractivity contribution in [2.45, 2.75) is 90.4 Å². The Balaban J connectivity index is 0.00000625. The number of aliphatic hydroxyl groups excluding tert-OH is 1. The van der Waals surface area contributed by atoms with Crippen LogP contribution < -0.4 is 0 Å². The summed E-state index contributed by atoms with van der Waals surface area (Å²) in [7, 11) is 0. The monoisotopic (exact) mass is 388 g/mol. The number of hydrogen-bond acceptors (Lipinski definition) is 3. The van der Waals surface area contributed by atoms with Crippen LogP contribution in [0.4, 0.5) is 0 Å². The Kier molecular flexibility index (Phi) is 19.6. The maximum Gasteiger partial charge on any atom is 0.0558 e. The molecule has 0 unspecified atom stereocenters. The van der Waals surface area contributed by atoms with Crippen molar-refractivity contribution in [2.24, 2.45) is 0 Å². The van der Waals surface area contributed by atoms with Gasteiger partial charge in [0.15, 0.2) is 0 Å². The van der Waals surface area contributed by atoms with Crippen molar-refractivity contribution in [1.29, 1.82) is 0 Å². The summed E-state index contributed by atoms with van der Waals surface area (Å²) in [6.07, 6.45) is 22.6. The molecule has 1 aliphatic heterocycles. The smallest absolute Gasteiger partial charge is 0.0558 e. The van der Waals surface area contributed by atoms with Crippen molar-refractivity contribution in [3.63, 3.8) is 0 Å². The maximum atomic E-state index is 8.96. The van der Waals surface area contributed by atoms with Crippen LogP contribution in [0.5, 0.6) is 0 Å². The zero-order chi connectivity index (χ0) is 18.0. The van der Waals surface area contributed by atoms with E-state index in [1.54, 1.807) is 0 Å². The Morgan fingerprint density at radius 3 is 1.77 bits per heavy atom. The quantitative estimate of drug-likeness (QED) is 0.258. The van der Waals surface area contributed by atoms with Crippen LogP contribution in [-0.4, -0.2) is 54.4 Å². The van der Waals surface area contributed by atoms with E-state index in [2.05, 4.69) is 28.9 Å². The fraction of sp³-hybridized carbons (Fsp3) is 0.909. The molecular formula is C22H45ClN2O. The first kappa shape index (κ1) is 25.9. The fourth-order valence-electron chi connectivity index (χ4n) is 3.62. The largest absolute Gasteiger partial charge is 0.395 e. The van der Waals surface area contributed by atoms with Crippen LogP contribution in [0.2, 0.25) is 0 Å². The van der Waals surface area contributed by atoms with Gasteiger partial charge in [-0.05, 0) is 38.6 Å². The molecule has 26 heavy (non-hydrogen) atoms. The van der Waals surface area contributed by atoms with Gasteiger partial charge in [0.25, 0.3) is 0 Å². The number of aliphatic hydroxyl groups is 1. The lowest BCUT2D eigenvalue weighted by atomic mass is 10.1. The molecule has 0 aromatic heterocycles. The van der Waals surface area contributed by atoms with Crippen LogP contribution in [0.15, 0.2) is 12.2 Å². The Labute approximate surface area is 169 Å². The standard InChI is InChI=1S/C22H44N2O.ClH/c1-2-3-4-5-6-7-8-9-10-11-12-13-14-15-16-17-23-18-19-24(22-23)20-21-25;/h9-10,25H,2-8,11-22H2,1H3;1H/b10-9-;. The molecule has 4 heteroatoms. The van der Waals surface area contributed by atoms with Gasteiger partial charge in [0.1, 0.15) is 0 Å². The second-order valence-electron chi connectivity index (χ2n) is 7.69. The molecule has 1 N–H and O–H groups in total. The van der Waals surface area contributed by atoms with Crippen molar-refractivity contribution in [1.82, 2.24) is 9.80 Å². The minimum Gasteiger partial charge on any atom is -0.395 e. The zero-order valence-electron chi connectivity index (χ0n) is 17.3. The van der Waals surface area contributed by atoms with E-state index in [0.29, 0.717) is 6.61 Å². The molecule has 0 aromatic carbocycles. The summed E-state index contributed by atoms with van der Waals surface area (Å²) in [6, 6.07) is 0. The second kappa shape index (κ2) is 19.7. The first-order valence-corrected chi connectivity index (χ1v) is 11.1. The van der Waals surface area contributed by atoms with Gasteiger partial charge >= 0.3 is 0 Å². The number of nitrogens with zero attached hydrogens (tertiary/aromatic N) is 2. The van der Waals surface area contributed by atoms with E-state index >= 15 is 0 Å². The van der Waals surface area contributed by atoms with Crippen LogP contribution >= 0.6 is 12.4 Å². The summed E-state index contributed by atoms with van der Waals surface area (Å²) >= 11 is 0.